The molecule has 0 unspecified atom stereocenters. The van der Waals surface area contributed by atoms with Crippen LogP contribution in [0.3, 0.4) is 0 Å². The van der Waals surface area contributed by atoms with E-state index in [0.717, 1.165) is 0 Å². The second kappa shape index (κ2) is 7.10. The molecule has 0 bridgehead atoms. The Hall–Kier alpha value is -2.05. The Bertz CT molecular complexity index is 514. The van der Waals surface area contributed by atoms with E-state index >= 15 is 0 Å². The minimum absolute atomic E-state index is 0.0203. The highest BCUT2D eigenvalue weighted by atomic mass is 19.4. The molecule has 1 amide bonds. The minimum atomic E-state index is -4.48. The predicted octanol–water partition coefficient (Wildman–Crippen LogP) is 2.73. The lowest BCUT2D eigenvalue weighted by molar-refractivity contribution is -0.160. The molecule has 0 aliphatic rings. The van der Waals surface area contributed by atoms with E-state index in [4.69, 9.17) is 5.11 Å². The lowest BCUT2D eigenvalue weighted by Crippen LogP contribution is -2.40. The molecular formula is C14H16F3NO3. The van der Waals surface area contributed by atoms with Crippen molar-refractivity contribution in [1.29, 1.82) is 0 Å². The third-order valence-corrected chi connectivity index (χ3v) is 2.81. The van der Waals surface area contributed by atoms with Gasteiger partial charge in [0.05, 0.1) is 12.0 Å². The Balaban J connectivity index is 2.89. The molecule has 0 radical (unpaired) electrons. The molecule has 4 nitrogen and oxygen atoms in total. The van der Waals surface area contributed by atoms with E-state index < -0.39 is 24.6 Å². The minimum Gasteiger partial charge on any atom is -0.478 e. The average Bonchev–Trinajstić information content (AvgIpc) is 2.37. The number of aromatic carboxylic acids is 1. The largest absolute Gasteiger partial charge is 0.478 e. The van der Waals surface area contributed by atoms with E-state index in [-0.39, 0.29) is 24.1 Å². The maximum Gasteiger partial charge on any atom is 0.406 e. The average molecular weight is 303 g/mol. The van der Waals surface area contributed by atoms with Crippen molar-refractivity contribution in [1.82, 2.24) is 4.90 Å². The van der Waals surface area contributed by atoms with Crippen LogP contribution in [-0.2, 0) is 11.2 Å². The number of hydrogen-bond donors (Lipinski definition) is 1. The van der Waals surface area contributed by atoms with Gasteiger partial charge in [0, 0.05) is 6.54 Å². The maximum atomic E-state index is 12.4. The zero-order valence-electron chi connectivity index (χ0n) is 11.5. The van der Waals surface area contributed by atoms with Crippen molar-refractivity contribution in [3.8, 4) is 0 Å². The van der Waals surface area contributed by atoms with Crippen LogP contribution in [0, 0.1) is 0 Å². The van der Waals surface area contributed by atoms with Crippen LogP contribution in [0.5, 0.6) is 0 Å². The number of rotatable bonds is 6. The van der Waals surface area contributed by atoms with Gasteiger partial charge in [0.1, 0.15) is 6.54 Å². The van der Waals surface area contributed by atoms with Gasteiger partial charge in [-0.05, 0) is 18.1 Å². The molecule has 0 saturated heterocycles. The first-order valence-electron chi connectivity index (χ1n) is 6.40. The van der Waals surface area contributed by atoms with Crippen molar-refractivity contribution in [2.45, 2.75) is 25.9 Å². The number of halogens is 3. The van der Waals surface area contributed by atoms with E-state index in [0.29, 0.717) is 11.3 Å². The molecular weight excluding hydrogens is 287 g/mol. The fraction of sp³-hybridized carbons (Fsp3) is 0.429. The summed E-state index contributed by atoms with van der Waals surface area (Å²) in [7, 11) is 0. The smallest absolute Gasteiger partial charge is 0.406 e. The quantitative estimate of drug-likeness (QED) is 0.879. The molecule has 21 heavy (non-hydrogen) atoms. The van der Waals surface area contributed by atoms with Crippen LogP contribution in [0.4, 0.5) is 13.2 Å². The first kappa shape index (κ1) is 17.0. The monoisotopic (exact) mass is 303 g/mol. The van der Waals surface area contributed by atoms with Gasteiger partial charge in [-0.2, -0.15) is 13.2 Å². The fourth-order valence-electron chi connectivity index (χ4n) is 1.94. The number of carboxylic acid groups (broad SMARTS) is 1. The van der Waals surface area contributed by atoms with Crippen LogP contribution in [-0.4, -0.2) is 41.1 Å². The number of nitrogens with zero attached hydrogens (tertiary/aromatic N) is 1. The van der Waals surface area contributed by atoms with Crippen molar-refractivity contribution in [3.63, 3.8) is 0 Å². The molecule has 1 rings (SSSR count). The topological polar surface area (TPSA) is 57.6 Å². The molecule has 116 valence electrons. The van der Waals surface area contributed by atoms with Gasteiger partial charge in [0.15, 0.2) is 0 Å². The third-order valence-electron chi connectivity index (χ3n) is 2.81. The van der Waals surface area contributed by atoms with E-state index in [1.807, 2.05) is 0 Å². The van der Waals surface area contributed by atoms with Crippen LogP contribution in [0.15, 0.2) is 24.3 Å². The van der Waals surface area contributed by atoms with Crippen molar-refractivity contribution < 1.29 is 27.9 Å². The Morgan fingerprint density at radius 3 is 2.38 bits per heavy atom. The lowest BCUT2D eigenvalue weighted by atomic mass is 10.0. The predicted molar refractivity (Wildman–Crippen MR) is 70.0 cm³/mol. The van der Waals surface area contributed by atoms with Gasteiger partial charge in [-0.15, -0.1) is 0 Å². The Morgan fingerprint density at radius 2 is 1.86 bits per heavy atom. The second-order valence-electron chi connectivity index (χ2n) is 4.57. The lowest BCUT2D eigenvalue weighted by Gasteiger charge is -2.23. The summed E-state index contributed by atoms with van der Waals surface area (Å²) in [6.45, 7) is 0.324. The zero-order valence-corrected chi connectivity index (χ0v) is 11.5. The van der Waals surface area contributed by atoms with E-state index in [1.165, 1.54) is 18.2 Å². The second-order valence-corrected chi connectivity index (χ2v) is 4.57. The van der Waals surface area contributed by atoms with Gasteiger partial charge in [-0.25, -0.2) is 4.79 Å². The molecule has 1 aromatic rings. The van der Waals surface area contributed by atoms with Crippen molar-refractivity contribution in [3.05, 3.63) is 35.4 Å². The summed E-state index contributed by atoms with van der Waals surface area (Å²) >= 11 is 0. The number of hydrogen-bond acceptors (Lipinski definition) is 2. The third kappa shape index (κ3) is 5.45. The van der Waals surface area contributed by atoms with Gasteiger partial charge < -0.3 is 10.0 Å². The van der Waals surface area contributed by atoms with Gasteiger partial charge in [-0.1, -0.05) is 25.1 Å². The van der Waals surface area contributed by atoms with Gasteiger partial charge >= 0.3 is 12.1 Å². The molecule has 7 heteroatoms. The summed E-state index contributed by atoms with van der Waals surface area (Å²) in [4.78, 5) is 23.7. The van der Waals surface area contributed by atoms with Gasteiger partial charge in [0.25, 0.3) is 0 Å². The number of carbonyl (C=O) groups excluding carboxylic acids is 1. The van der Waals surface area contributed by atoms with Crippen molar-refractivity contribution in [2.24, 2.45) is 0 Å². The summed E-state index contributed by atoms with van der Waals surface area (Å²) in [5.41, 5.74) is 0.132. The summed E-state index contributed by atoms with van der Waals surface area (Å²) in [5, 5.41) is 9.00. The Labute approximate surface area is 120 Å². The molecule has 0 aliphatic heterocycles. The molecule has 0 heterocycles. The van der Waals surface area contributed by atoms with Crippen LogP contribution in [0.1, 0.15) is 29.3 Å². The standard InChI is InChI=1S/C14H16F3NO3/c1-2-7-18(9-14(15,16)17)12(19)8-10-5-3-4-6-11(10)13(20)21/h3-6H,2,7-9H2,1H3,(H,20,21). The van der Waals surface area contributed by atoms with Crippen LogP contribution in [0.2, 0.25) is 0 Å². The van der Waals surface area contributed by atoms with Crippen LogP contribution < -0.4 is 0 Å². The van der Waals surface area contributed by atoms with E-state index in [9.17, 15) is 22.8 Å². The highest BCUT2D eigenvalue weighted by molar-refractivity contribution is 5.91. The first-order chi connectivity index (χ1) is 9.74. The number of carboxylic acids is 1. The number of carbonyl (C=O) groups is 2. The normalized spacial score (nSPS) is 11.2. The Kier molecular flexibility index (Phi) is 5.75. The fourth-order valence-corrected chi connectivity index (χ4v) is 1.94. The van der Waals surface area contributed by atoms with Gasteiger partial charge in [-0.3, -0.25) is 4.79 Å². The molecule has 0 atom stereocenters. The van der Waals surface area contributed by atoms with Crippen molar-refractivity contribution >= 4 is 11.9 Å². The number of amides is 1. The molecule has 1 N–H and O–H groups in total. The summed E-state index contributed by atoms with van der Waals surface area (Å²) in [6.07, 6.45) is -4.45. The molecule has 0 aromatic heterocycles. The van der Waals surface area contributed by atoms with Gasteiger partial charge in [0.2, 0.25) is 5.91 Å². The SMILES string of the molecule is CCCN(CC(F)(F)F)C(=O)Cc1ccccc1C(=O)O. The molecule has 0 aliphatic carbocycles. The van der Waals surface area contributed by atoms with Crippen LogP contribution >= 0.6 is 0 Å². The molecule has 1 aromatic carbocycles. The van der Waals surface area contributed by atoms with Crippen molar-refractivity contribution in [2.75, 3.05) is 13.1 Å². The number of benzene rings is 1. The van der Waals surface area contributed by atoms with E-state index in [2.05, 4.69) is 0 Å². The summed E-state index contributed by atoms with van der Waals surface area (Å²) in [5.74, 6) is -1.95. The highest BCUT2D eigenvalue weighted by Crippen LogP contribution is 2.18. The number of alkyl halides is 3. The zero-order chi connectivity index (χ0) is 16.0. The molecule has 0 saturated carbocycles. The summed E-state index contributed by atoms with van der Waals surface area (Å²) in [6, 6.07) is 5.79. The van der Waals surface area contributed by atoms with Crippen LogP contribution in [0.25, 0.3) is 0 Å². The Morgan fingerprint density at radius 1 is 1.24 bits per heavy atom. The first-order valence-corrected chi connectivity index (χ1v) is 6.40. The van der Waals surface area contributed by atoms with E-state index in [1.54, 1.807) is 13.0 Å². The summed E-state index contributed by atoms with van der Waals surface area (Å²) < 4.78 is 37.3. The maximum absolute atomic E-state index is 12.4. The molecule has 0 fully saturated rings. The molecule has 0 spiro atoms. The highest BCUT2D eigenvalue weighted by Gasteiger charge is 2.32.